The van der Waals surface area contributed by atoms with Crippen molar-refractivity contribution in [2.75, 3.05) is 12.0 Å². The van der Waals surface area contributed by atoms with Gasteiger partial charge in [0.05, 0.1) is 11.9 Å². The first kappa shape index (κ1) is 32.1. The number of terminal acetylenes is 1. The van der Waals surface area contributed by atoms with Crippen molar-refractivity contribution in [2.45, 2.75) is 59.8 Å². The van der Waals surface area contributed by atoms with Crippen LogP contribution in [0.2, 0.25) is 0 Å². The smallest absolute Gasteiger partial charge is 0.149 e. The molecule has 1 heterocycles. The quantitative estimate of drug-likeness (QED) is 0.175. The van der Waals surface area contributed by atoms with E-state index in [0.717, 1.165) is 41.9 Å². The van der Waals surface area contributed by atoms with E-state index in [1.807, 2.05) is 13.8 Å². The molecule has 4 rings (SSSR count). The highest BCUT2D eigenvalue weighted by atomic mass is 19.1. The molecule has 2 N–H and O–H groups in total. The zero-order chi connectivity index (χ0) is 29.5. The summed E-state index contributed by atoms with van der Waals surface area (Å²) >= 11 is 0. The molecule has 0 saturated heterocycles. The van der Waals surface area contributed by atoms with Crippen LogP contribution in [-0.2, 0) is 0 Å². The molecule has 0 aliphatic heterocycles. The highest BCUT2D eigenvalue weighted by Gasteiger charge is 2.18. The third-order valence-electron chi connectivity index (χ3n) is 6.28. The van der Waals surface area contributed by atoms with Crippen LogP contribution < -0.4 is 5.32 Å². The fourth-order valence-corrected chi connectivity index (χ4v) is 4.18. The number of rotatable bonds is 4. The van der Waals surface area contributed by atoms with Gasteiger partial charge in [0.1, 0.15) is 24.2 Å². The molecule has 1 aromatic heterocycles. The second-order valence-corrected chi connectivity index (χ2v) is 9.22. The Morgan fingerprint density at radius 3 is 2.62 bits per heavy atom. The Bertz CT molecular complexity index is 1410. The fourth-order valence-electron chi connectivity index (χ4n) is 4.18. The number of benzene rings is 1. The van der Waals surface area contributed by atoms with E-state index in [1.165, 1.54) is 59.9 Å². The molecule has 0 unspecified atom stereocenters. The average molecular weight is 550 g/mol. The van der Waals surface area contributed by atoms with Gasteiger partial charge in [-0.2, -0.15) is 0 Å². The third-order valence-corrected chi connectivity index (χ3v) is 6.28. The fraction of sp³-hybridized carbons (Fsp3) is 0.303. The van der Waals surface area contributed by atoms with Crippen molar-refractivity contribution >= 4 is 11.4 Å². The van der Waals surface area contributed by atoms with Crippen molar-refractivity contribution in [3.8, 4) is 12.3 Å². The molecule has 0 saturated carbocycles. The number of aryl methyl sites for hydroxylation is 2. The van der Waals surface area contributed by atoms with E-state index < -0.39 is 11.6 Å². The first-order valence-corrected chi connectivity index (χ1v) is 13.1. The van der Waals surface area contributed by atoms with Crippen LogP contribution in [0.5, 0.6) is 0 Å². The maximum absolute atomic E-state index is 12.6. The number of nitrogens with one attached hydrogen (secondary N) is 1. The monoisotopic (exact) mass is 549 g/mol. The molecule has 2 aromatic rings. The Balaban J connectivity index is 0.000000338. The standard InChI is InChI=1S/C19H21N.C7H7F2NO.C7H8FN.H2/c1-4-5-14-20-16(3)19-15(2)10-9-12-17-11-7-6-8-13-18(17)19;8-5-1-2-7(10-4-11)6(9)3-5;1-5-3-7(8)4-9-6(5)2;/h1,5,9,11,14H,6-8,12-13H2,2-3H3;1-3,10-11H,4H2;3-4H,1-2H3;1H/b14-5-,20-16?;;;. The average Bonchev–Trinajstić information content (AvgIpc) is 3.23. The summed E-state index contributed by atoms with van der Waals surface area (Å²) in [4.78, 5) is 8.29. The van der Waals surface area contributed by atoms with E-state index in [9.17, 15) is 13.2 Å². The lowest BCUT2D eigenvalue weighted by atomic mass is 9.90. The molecule has 0 fully saturated rings. The Morgan fingerprint density at radius 2 is 1.98 bits per heavy atom. The molecule has 0 bridgehead atoms. The number of aromatic nitrogens is 1. The number of pyridine rings is 1. The highest BCUT2D eigenvalue weighted by molar-refractivity contribution is 6.03. The summed E-state index contributed by atoms with van der Waals surface area (Å²) in [5.74, 6) is 0.864. The maximum atomic E-state index is 12.6. The van der Waals surface area contributed by atoms with Gasteiger partial charge in [-0.05, 0) is 106 Å². The summed E-state index contributed by atoms with van der Waals surface area (Å²) in [7, 11) is 0. The third kappa shape index (κ3) is 10.2. The molecular weight excluding hydrogens is 511 g/mol. The highest BCUT2D eigenvalue weighted by Crippen LogP contribution is 2.33. The van der Waals surface area contributed by atoms with E-state index >= 15 is 0 Å². The summed E-state index contributed by atoms with van der Waals surface area (Å²) in [6, 6.07) is 4.56. The maximum Gasteiger partial charge on any atom is 0.149 e. The van der Waals surface area contributed by atoms with Gasteiger partial charge in [0.2, 0.25) is 0 Å². The number of fused-ring (bicyclic) bond motifs is 1. The number of aliphatic hydroxyl groups is 1. The first-order valence-electron chi connectivity index (χ1n) is 13.1. The topological polar surface area (TPSA) is 57.5 Å². The number of hydrogen-bond donors (Lipinski definition) is 2. The zero-order valence-corrected chi connectivity index (χ0v) is 23.5. The second kappa shape index (κ2) is 16.8. The van der Waals surface area contributed by atoms with Gasteiger partial charge in [-0.3, -0.25) is 9.98 Å². The molecule has 1 aromatic carbocycles. The summed E-state index contributed by atoms with van der Waals surface area (Å²) in [6.07, 6.45) is 20.2. The van der Waals surface area contributed by atoms with Crippen molar-refractivity contribution in [2.24, 2.45) is 4.99 Å². The first-order chi connectivity index (χ1) is 19.2. The molecule has 2 aliphatic rings. The minimum atomic E-state index is -0.709. The van der Waals surface area contributed by atoms with Gasteiger partial charge >= 0.3 is 0 Å². The van der Waals surface area contributed by atoms with Crippen molar-refractivity contribution in [1.29, 1.82) is 0 Å². The van der Waals surface area contributed by atoms with Gasteiger partial charge in [-0.25, -0.2) is 13.2 Å². The minimum absolute atomic E-state index is 0. The Hall–Kier alpha value is -4.11. The van der Waals surface area contributed by atoms with Gasteiger partial charge in [0.25, 0.3) is 0 Å². The van der Waals surface area contributed by atoms with Gasteiger partial charge in [0.15, 0.2) is 0 Å². The van der Waals surface area contributed by atoms with Crippen LogP contribution in [0.3, 0.4) is 0 Å². The molecule has 0 spiro atoms. The number of anilines is 1. The number of aliphatic imine (C=N–C) groups is 1. The van der Waals surface area contributed by atoms with Crippen LogP contribution in [-0.4, -0.2) is 22.5 Å². The van der Waals surface area contributed by atoms with Crippen molar-refractivity contribution in [1.82, 2.24) is 4.98 Å². The minimum Gasteiger partial charge on any atom is -0.377 e. The van der Waals surface area contributed by atoms with E-state index in [0.29, 0.717) is 0 Å². The predicted octanol–water partition coefficient (Wildman–Crippen LogP) is 8.31. The van der Waals surface area contributed by atoms with Crippen LogP contribution in [0.1, 0.15) is 58.6 Å². The van der Waals surface area contributed by atoms with Crippen molar-refractivity contribution < 1.29 is 19.7 Å². The van der Waals surface area contributed by atoms with E-state index in [-0.39, 0.29) is 19.7 Å². The number of allylic oxidation sites excluding steroid dienone is 6. The normalized spacial score (nSPS) is 14.8. The molecule has 0 radical (unpaired) electrons. The lowest BCUT2D eigenvalue weighted by Crippen LogP contribution is -2.04. The van der Waals surface area contributed by atoms with Crippen LogP contribution >= 0.6 is 0 Å². The molecule has 0 atom stereocenters. The molecule has 7 heteroatoms. The number of hydrogen-bond acceptors (Lipinski definition) is 4. The van der Waals surface area contributed by atoms with Gasteiger partial charge in [-0.15, -0.1) is 12.2 Å². The van der Waals surface area contributed by atoms with Gasteiger partial charge < -0.3 is 10.4 Å². The van der Waals surface area contributed by atoms with E-state index in [2.05, 4.69) is 52.9 Å². The van der Waals surface area contributed by atoms with Crippen LogP contribution in [0, 0.1) is 43.6 Å². The van der Waals surface area contributed by atoms with Crippen molar-refractivity contribution in [3.63, 3.8) is 0 Å². The van der Waals surface area contributed by atoms with Gasteiger partial charge in [-0.1, -0.05) is 12.0 Å². The number of aliphatic hydroxyl groups excluding tert-OH is 1. The Kier molecular flexibility index (Phi) is 13.5. The Morgan fingerprint density at radius 1 is 1.20 bits per heavy atom. The number of halogens is 3. The zero-order valence-electron chi connectivity index (χ0n) is 23.5. The lowest BCUT2D eigenvalue weighted by molar-refractivity contribution is 0.325. The molecule has 2 aliphatic carbocycles. The largest absolute Gasteiger partial charge is 0.377 e. The van der Waals surface area contributed by atoms with Crippen molar-refractivity contribution in [3.05, 3.63) is 112 Å². The summed E-state index contributed by atoms with van der Waals surface area (Å²) in [6.45, 7) is 7.50. The summed E-state index contributed by atoms with van der Waals surface area (Å²) < 4.78 is 37.2. The van der Waals surface area contributed by atoms with Gasteiger partial charge in [0, 0.05) is 36.7 Å². The SMILES string of the molecule is C#C/C=C\N=C(C)C1=C2CCCCC=C2CC=C=C1C.Cc1cc(F)cnc1C.OCNc1ccc(F)cc1F.[HH]. The lowest BCUT2D eigenvalue weighted by Gasteiger charge is -2.14. The Labute approximate surface area is 237 Å². The molecular formula is C33H38F3N3O. The summed E-state index contributed by atoms with van der Waals surface area (Å²) in [5.41, 5.74) is 11.6. The molecule has 0 amide bonds. The van der Waals surface area contributed by atoms with E-state index in [4.69, 9.17) is 11.5 Å². The molecule has 4 nitrogen and oxygen atoms in total. The van der Waals surface area contributed by atoms with Crippen LogP contribution in [0.4, 0.5) is 18.9 Å². The number of nitrogens with zero attached hydrogens (tertiary/aromatic N) is 2. The predicted molar refractivity (Wildman–Crippen MR) is 159 cm³/mol. The van der Waals surface area contributed by atoms with Crippen LogP contribution in [0.25, 0.3) is 0 Å². The second-order valence-electron chi connectivity index (χ2n) is 9.22. The van der Waals surface area contributed by atoms with Crippen LogP contribution in [0.15, 0.2) is 87.9 Å². The molecule has 40 heavy (non-hydrogen) atoms. The van der Waals surface area contributed by atoms with E-state index in [1.54, 1.807) is 12.3 Å². The summed E-state index contributed by atoms with van der Waals surface area (Å²) in [5, 5.41) is 10.7. The molecule has 212 valence electrons.